The number of halogens is 1. The Labute approximate surface area is 140 Å². The van der Waals surface area contributed by atoms with Gasteiger partial charge in [-0.05, 0) is 50.2 Å². The molecular formula is C17H25BrN2O2. The topological polar surface area (TPSA) is 62.0 Å². The first-order valence-corrected chi connectivity index (χ1v) is 8.82. The molecule has 1 amide bonds. The monoisotopic (exact) mass is 368 g/mol. The molecule has 4 nitrogen and oxygen atoms in total. The van der Waals surface area contributed by atoms with Crippen molar-refractivity contribution in [3.05, 3.63) is 33.2 Å². The highest BCUT2D eigenvalue weighted by atomic mass is 79.9. The van der Waals surface area contributed by atoms with Crippen molar-refractivity contribution in [2.24, 2.45) is 17.8 Å². The number of pyridine rings is 1. The minimum Gasteiger partial charge on any atom is -0.352 e. The van der Waals surface area contributed by atoms with E-state index in [9.17, 15) is 9.59 Å². The van der Waals surface area contributed by atoms with Crippen LogP contribution < -0.4 is 10.9 Å². The van der Waals surface area contributed by atoms with Gasteiger partial charge < -0.3 is 10.3 Å². The van der Waals surface area contributed by atoms with Gasteiger partial charge in [-0.1, -0.05) is 29.8 Å². The van der Waals surface area contributed by atoms with Crippen molar-refractivity contribution in [3.8, 4) is 0 Å². The summed E-state index contributed by atoms with van der Waals surface area (Å²) in [5.74, 6) is 0.963. The van der Waals surface area contributed by atoms with E-state index in [1.54, 1.807) is 0 Å². The molecule has 22 heavy (non-hydrogen) atoms. The van der Waals surface area contributed by atoms with Crippen molar-refractivity contribution in [1.82, 2.24) is 10.3 Å². The molecule has 4 unspecified atom stereocenters. The van der Waals surface area contributed by atoms with E-state index in [0.29, 0.717) is 28.8 Å². The molecule has 5 heteroatoms. The molecule has 0 aromatic carbocycles. The van der Waals surface area contributed by atoms with Gasteiger partial charge in [-0.2, -0.15) is 0 Å². The van der Waals surface area contributed by atoms with Gasteiger partial charge >= 0.3 is 0 Å². The lowest BCUT2D eigenvalue weighted by Gasteiger charge is -2.36. The van der Waals surface area contributed by atoms with Crippen LogP contribution in [0, 0.1) is 31.6 Å². The Kier molecular flexibility index (Phi) is 5.48. The van der Waals surface area contributed by atoms with Crippen molar-refractivity contribution in [1.29, 1.82) is 0 Å². The third-order valence-corrected chi connectivity index (χ3v) is 5.69. The number of alkyl halides is 1. The highest BCUT2D eigenvalue weighted by Crippen LogP contribution is 2.37. The van der Waals surface area contributed by atoms with E-state index < -0.39 is 0 Å². The van der Waals surface area contributed by atoms with Gasteiger partial charge in [-0.3, -0.25) is 9.59 Å². The van der Waals surface area contributed by atoms with Gasteiger partial charge in [-0.15, -0.1) is 0 Å². The first-order valence-electron chi connectivity index (χ1n) is 7.90. The average Bonchev–Trinajstić information content (AvgIpc) is 2.41. The van der Waals surface area contributed by atoms with E-state index >= 15 is 0 Å². The first-order chi connectivity index (χ1) is 10.3. The number of hydrogen-bond donors (Lipinski definition) is 2. The molecule has 1 aromatic heterocycles. The van der Waals surface area contributed by atoms with Crippen LogP contribution in [0.4, 0.5) is 0 Å². The summed E-state index contributed by atoms with van der Waals surface area (Å²) in [6.07, 6.45) is 1.97. The molecule has 0 bridgehead atoms. The molecule has 1 aliphatic carbocycles. The van der Waals surface area contributed by atoms with Crippen LogP contribution in [0.2, 0.25) is 0 Å². The number of hydrogen-bond acceptors (Lipinski definition) is 2. The normalized spacial score (nSPS) is 28.4. The van der Waals surface area contributed by atoms with Crippen LogP contribution in [-0.2, 0) is 11.3 Å². The Balaban J connectivity index is 2.05. The smallest absolute Gasteiger partial charge is 0.253 e. The number of carbonyl (C=O) groups is 1. The molecule has 1 aliphatic rings. The average molecular weight is 369 g/mol. The van der Waals surface area contributed by atoms with Crippen molar-refractivity contribution in [3.63, 3.8) is 0 Å². The number of aromatic nitrogens is 1. The number of aromatic amines is 1. The summed E-state index contributed by atoms with van der Waals surface area (Å²) in [6, 6.07) is 1.93. The maximum absolute atomic E-state index is 12.5. The summed E-state index contributed by atoms with van der Waals surface area (Å²) >= 11 is 3.66. The summed E-state index contributed by atoms with van der Waals surface area (Å²) in [5.41, 5.74) is 2.30. The zero-order valence-corrected chi connectivity index (χ0v) is 15.3. The second-order valence-electron chi connectivity index (χ2n) is 6.67. The third-order valence-electron chi connectivity index (χ3n) is 4.94. The minimum absolute atomic E-state index is 0.0120. The predicted molar refractivity (Wildman–Crippen MR) is 92.2 cm³/mol. The molecule has 0 aliphatic heterocycles. The number of rotatable bonds is 3. The Morgan fingerprint density at radius 1 is 1.36 bits per heavy atom. The standard InChI is InChI=1S/C17H25BrN2O2/c1-9-6-13(18)7-14(12(9)4)16(21)19-8-15-10(2)5-11(3)20-17(15)22/h5,9,12-14H,6-8H2,1-4H3,(H,19,21)(H,20,22). The number of nitrogens with one attached hydrogen (secondary N) is 2. The number of amides is 1. The van der Waals surface area contributed by atoms with Crippen molar-refractivity contribution >= 4 is 21.8 Å². The molecule has 1 heterocycles. The highest BCUT2D eigenvalue weighted by Gasteiger charge is 2.35. The van der Waals surface area contributed by atoms with Crippen LogP contribution >= 0.6 is 15.9 Å². The van der Waals surface area contributed by atoms with Crippen molar-refractivity contribution in [2.45, 2.75) is 51.9 Å². The van der Waals surface area contributed by atoms with Crippen LogP contribution in [0.3, 0.4) is 0 Å². The van der Waals surface area contributed by atoms with Gasteiger partial charge in [0.05, 0.1) is 0 Å². The second kappa shape index (κ2) is 6.99. The van der Waals surface area contributed by atoms with Gasteiger partial charge in [0.2, 0.25) is 5.91 Å². The molecule has 0 spiro atoms. The molecular weight excluding hydrogens is 344 g/mol. The Morgan fingerprint density at radius 3 is 2.68 bits per heavy atom. The van der Waals surface area contributed by atoms with E-state index in [-0.39, 0.29) is 17.4 Å². The van der Waals surface area contributed by atoms with Crippen LogP contribution in [-0.4, -0.2) is 15.7 Å². The Morgan fingerprint density at radius 2 is 2.05 bits per heavy atom. The summed E-state index contributed by atoms with van der Waals surface area (Å²) in [5, 5.41) is 2.96. The molecule has 1 aromatic rings. The lowest BCUT2D eigenvalue weighted by atomic mass is 9.73. The van der Waals surface area contributed by atoms with Crippen LogP contribution in [0.5, 0.6) is 0 Å². The lowest BCUT2D eigenvalue weighted by Crippen LogP contribution is -2.41. The largest absolute Gasteiger partial charge is 0.352 e. The molecule has 2 rings (SSSR count). The van der Waals surface area contributed by atoms with E-state index in [1.807, 2.05) is 19.9 Å². The van der Waals surface area contributed by atoms with E-state index in [2.05, 4.69) is 40.1 Å². The molecule has 0 radical (unpaired) electrons. The van der Waals surface area contributed by atoms with Gasteiger partial charge in [0.15, 0.2) is 0 Å². The molecule has 4 atom stereocenters. The molecule has 0 saturated heterocycles. The highest BCUT2D eigenvalue weighted by molar-refractivity contribution is 9.09. The minimum atomic E-state index is -0.110. The van der Waals surface area contributed by atoms with Crippen molar-refractivity contribution in [2.75, 3.05) is 0 Å². The lowest BCUT2D eigenvalue weighted by molar-refractivity contribution is -0.128. The van der Waals surface area contributed by atoms with Crippen molar-refractivity contribution < 1.29 is 4.79 Å². The quantitative estimate of drug-likeness (QED) is 0.805. The van der Waals surface area contributed by atoms with Crippen LogP contribution in [0.15, 0.2) is 10.9 Å². The molecule has 122 valence electrons. The van der Waals surface area contributed by atoms with Crippen LogP contribution in [0.25, 0.3) is 0 Å². The van der Waals surface area contributed by atoms with Crippen LogP contribution in [0.1, 0.15) is 43.5 Å². The van der Waals surface area contributed by atoms with Gasteiger partial charge in [0, 0.05) is 28.5 Å². The molecule has 1 fully saturated rings. The zero-order chi connectivity index (χ0) is 16.4. The van der Waals surface area contributed by atoms with E-state index in [1.165, 1.54) is 0 Å². The summed E-state index contributed by atoms with van der Waals surface area (Å²) in [4.78, 5) is 27.7. The first kappa shape index (κ1) is 17.3. The SMILES string of the molecule is Cc1cc(C)c(CNC(=O)C2CC(Br)CC(C)C2C)c(=O)[nH]1. The number of aryl methyl sites for hydroxylation is 2. The Hall–Kier alpha value is -1.10. The fraction of sp³-hybridized carbons (Fsp3) is 0.647. The summed E-state index contributed by atoms with van der Waals surface area (Å²) in [6.45, 7) is 8.41. The Bertz CT molecular complexity index is 611. The van der Waals surface area contributed by atoms with Gasteiger partial charge in [-0.25, -0.2) is 0 Å². The fourth-order valence-electron chi connectivity index (χ4n) is 3.35. The zero-order valence-electron chi connectivity index (χ0n) is 13.7. The fourth-order valence-corrected chi connectivity index (χ4v) is 4.35. The molecule has 2 N–H and O–H groups in total. The molecule has 1 saturated carbocycles. The third kappa shape index (κ3) is 3.80. The second-order valence-corrected chi connectivity index (χ2v) is 7.97. The summed E-state index contributed by atoms with van der Waals surface area (Å²) < 4.78 is 0. The van der Waals surface area contributed by atoms with E-state index in [0.717, 1.165) is 24.1 Å². The number of H-pyrrole nitrogens is 1. The van der Waals surface area contributed by atoms with Gasteiger partial charge in [0.1, 0.15) is 0 Å². The van der Waals surface area contributed by atoms with E-state index in [4.69, 9.17) is 0 Å². The predicted octanol–water partition coefficient (Wildman–Crippen LogP) is 3.05. The maximum Gasteiger partial charge on any atom is 0.253 e. The number of carbonyl (C=O) groups excluding carboxylic acids is 1. The van der Waals surface area contributed by atoms with Gasteiger partial charge in [0.25, 0.3) is 5.56 Å². The summed E-state index contributed by atoms with van der Waals surface area (Å²) in [7, 11) is 0. The maximum atomic E-state index is 12.5.